The van der Waals surface area contributed by atoms with Gasteiger partial charge in [0, 0.05) is 31.9 Å². The van der Waals surface area contributed by atoms with Crippen molar-refractivity contribution in [2.45, 2.75) is 37.6 Å². The van der Waals surface area contributed by atoms with Crippen molar-refractivity contribution < 1.29 is 43.9 Å². The maximum atomic E-state index is 14.2. The maximum absolute atomic E-state index is 14.2. The molecule has 0 aliphatic carbocycles. The van der Waals surface area contributed by atoms with Crippen LogP contribution in [-0.4, -0.2) is 69.3 Å². The molecule has 14 heteroatoms. The summed E-state index contributed by atoms with van der Waals surface area (Å²) in [5.74, 6) is -11.2. The molecule has 0 heterocycles. The summed E-state index contributed by atoms with van der Waals surface area (Å²) in [6, 6.07) is 8.81. The van der Waals surface area contributed by atoms with E-state index in [1.165, 1.54) is 6.92 Å². The van der Waals surface area contributed by atoms with Gasteiger partial charge >= 0.3 is 21.5 Å². The van der Waals surface area contributed by atoms with E-state index in [1.54, 1.807) is 42.2 Å². The van der Waals surface area contributed by atoms with Crippen LogP contribution in [-0.2, 0) is 14.8 Å². The standard InChI is InChI=1S/C18H24F7N3O3S/c1-3-27(14-8-6-5-7-9-14)10-11-28(4-2)15(29)17(21,22)12-16(19,20)13-26-32(30,31)18(23,24)25/h5-9,26H,3-4,10-13H2,1-2H3. The zero-order chi connectivity index (χ0) is 24.8. The molecule has 0 radical (unpaired) electrons. The Morgan fingerprint density at radius 3 is 1.97 bits per heavy atom. The summed E-state index contributed by atoms with van der Waals surface area (Å²) in [6.45, 7) is 1.07. The molecule has 0 spiro atoms. The van der Waals surface area contributed by atoms with Gasteiger partial charge in [0.25, 0.3) is 11.8 Å². The lowest BCUT2D eigenvalue weighted by Gasteiger charge is -2.31. The molecule has 1 aromatic carbocycles. The zero-order valence-electron chi connectivity index (χ0n) is 17.3. The normalized spacial score (nSPS) is 13.2. The van der Waals surface area contributed by atoms with Crippen LogP contribution in [0.3, 0.4) is 0 Å². The minimum absolute atomic E-state index is 0.123. The van der Waals surface area contributed by atoms with Gasteiger partial charge in [0.05, 0.1) is 13.0 Å². The SMILES string of the molecule is CCN(CCN(CC)c1ccccc1)C(=O)C(F)(F)CC(F)(F)CNS(=O)(=O)C(F)(F)F. The Labute approximate surface area is 181 Å². The number of amides is 1. The number of carbonyl (C=O) groups excluding carboxylic acids is 1. The first-order valence-electron chi connectivity index (χ1n) is 9.47. The van der Waals surface area contributed by atoms with Gasteiger partial charge in [-0.15, -0.1) is 0 Å². The fraction of sp³-hybridized carbons (Fsp3) is 0.611. The van der Waals surface area contributed by atoms with Gasteiger partial charge in [0.1, 0.15) is 0 Å². The topological polar surface area (TPSA) is 69.7 Å². The van der Waals surface area contributed by atoms with Gasteiger partial charge in [0.2, 0.25) is 0 Å². The highest BCUT2D eigenvalue weighted by Gasteiger charge is 2.52. The molecule has 0 aliphatic heterocycles. The number of hydrogen-bond acceptors (Lipinski definition) is 4. The Morgan fingerprint density at radius 2 is 1.50 bits per heavy atom. The van der Waals surface area contributed by atoms with Gasteiger partial charge in [-0.3, -0.25) is 4.79 Å². The van der Waals surface area contributed by atoms with Crippen LogP contribution in [0.2, 0.25) is 0 Å². The predicted molar refractivity (Wildman–Crippen MR) is 104 cm³/mol. The average Bonchev–Trinajstić information content (AvgIpc) is 2.69. The number of halogens is 7. The largest absolute Gasteiger partial charge is 0.511 e. The highest BCUT2D eigenvalue weighted by Crippen LogP contribution is 2.32. The molecule has 1 aromatic rings. The Balaban J connectivity index is 2.81. The summed E-state index contributed by atoms with van der Waals surface area (Å²) < 4.78 is 115. The number of rotatable bonds is 12. The van der Waals surface area contributed by atoms with Crippen molar-refractivity contribution >= 4 is 21.6 Å². The first-order valence-corrected chi connectivity index (χ1v) is 11.0. The molecule has 6 nitrogen and oxygen atoms in total. The summed E-state index contributed by atoms with van der Waals surface area (Å²) in [4.78, 5) is 14.6. The minimum atomic E-state index is -6.15. The van der Waals surface area contributed by atoms with E-state index in [-0.39, 0.29) is 19.6 Å². The molecule has 32 heavy (non-hydrogen) atoms. The first-order chi connectivity index (χ1) is 14.6. The van der Waals surface area contributed by atoms with Crippen molar-refractivity contribution in [1.29, 1.82) is 0 Å². The van der Waals surface area contributed by atoms with Crippen LogP contribution in [0, 0.1) is 0 Å². The molecular formula is C18H24F7N3O3S. The number of para-hydroxylation sites is 1. The number of nitrogens with zero attached hydrogens (tertiary/aromatic N) is 2. The Bertz CT molecular complexity index is 849. The Morgan fingerprint density at radius 1 is 0.938 bits per heavy atom. The quantitative estimate of drug-likeness (QED) is 0.451. The fourth-order valence-corrected chi connectivity index (χ4v) is 3.29. The third-order valence-electron chi connectivity index (χ3n) is 4.43. The van der Waals surface area contributed by atoms with Crippen LogP contribution in [0.25, 0.3) is 0 Å². The molecule has 0 aromatic heterocycles. The van der Waals surface area contributed by atoms with Crippen LogP contribution < -0.4 is 9.62 Å². The molecule has 0 fully saturated rings. The second kappa shape index (κ2) is 10.7. The maximum Gasteiger partial charge on any atom is 0.511 e. The van der Waals surface area contributed by atoms with Crippen molar-refractivity contribution in [3.63, 3.8) is 0 Å². The molecule has 0 atom stereocenters. The lowest BCUT2D eigenvalue weighted by Crippen LogP contribution is -2.51. The average molecular weight is 495 g/mol. The predicted octanol–water partition coefficient (Wildman–Crippen LogP) is 3.46. The summed E-state index contributed by atoms with van der Waals surface area (Å²) in [5, 5.41) is 0. The van der Waals surface area contributed by atoms with E-state index in [0.29, 0.717) is 16.2 Å². The van der Waals surface area contributed by atoms with Crippen molar-refractivity contribution in [1.82, 2.24) is 9.62 Å². The van der Waals surface area contributed by atoms with Crippen LogP contribution >= 0.6 is 0 Å². The number of carbonyl (C=O) groups is 1. The summed E-state index contributed by atoms with van der Waals surface area (Å²) in [7, 11) is -6.15. The molecule has 0 unspecified atom stereocenters. The number of nitrogens with one attached hydrogen (secondary N) is 1. The zero-order valence-corrected chi connectivity index (χ0v) is 18.1. The second-order valence-electron chi connectivity index (χ2n) is 6.81. The third kappa shape index (κ3) is 7.80. The summed E-state index contributed by atoms with van der Waals surface area (Å²) >= 11 is 0. The number of hydrogen-bond donors (Lipinski definition) is 1. The minimum Gasteiger partial charge on any atom is -0.370 e. The van der Waals surface area contributed by atoms with Crippen molar-refractivity contribution in [2.75, 3.05) is 37.6 Å². The molecule has 0 bridgehead atoms. The summed E-state index contributed by atoms with van der Waals surface area (Å²) in [5.41, 5.74) is -5.13. The number of likely N-dealkylation sites (N-methyl/N-ethyl adjacent to an activating group) is 2. The van der Waals surface area contributed by atoms with Crippen molar-refractivity contribution in [3.8, 4) is 0 Å². The molecular weight excluding hydrogens is 471 g/mol. The van der Waals surface area contributed by atoms with E-state index in [4.69, 9.17) is 0 Å². The molecule has 1 N–H and O–H groups in total. The first kappa shape index (κ1) is 27.9. The Kier molecular flexibility index (Phi) is 9.33. The molecule has 0 saturated heterocycles. The van der Waals surface area contributed by atoms with Crippen LogP contribution in [0.4, 0.5) is 36.4 Å². The lowest BCUT2D eigenvalue weighted by atomic mass is 10.1. The number of sulfonamides is 1. The van der Waals surface area contributed by atoms with E-state index in [1.807, 2.05) is 0 Å². The van der Waals surface area contributed by atoms with Crippen LogP contribution in [0.1, 0.15) is 20.3 Å². The van der Waals surface area contributed by atoms with E-state index in [9.17, 15) is 43.9 Å². The van der Waals surface area contributed by atoms with E-state index >= 15 is 0 Å². The lowest BCUT2D eigenvalue weighted by molar-refractivity contribution is -0.170. The monoisotopic (exact) mass is 495 g/mol. The third-order valence-corrected chi connectivity index (χ3v) is 5.56. The second-order valence-corrected chi connectivity index (χ2v) is 8.57. The van der Waals surface area contributed by atoms with Gasteiger partial charge in [0.15, 0.2) is 0 Å². The number of anilines is 1. The van der Waals surface area contributed by atoms with Crippen molar-refractivity contribution in [2.24, 2.45) is 0 Å². The molecule has 0 saturated carbocycles. The highest BCUT2D eigenvalue weighted by molar-refractivity contribution is 7.90. The molecule has 184 valence electrons. The van der Waals surface area contributed by atoms with E-state index in [2.05, 4.69) is 0 Å². The van der Waals surface area contributed by atoms with Crippen LogP contribution in [0.5, 0.6) is 0 Å². The molecule has 1 amide bonds. The summed E-state index contributed by atoms with van der Waals surface area (Å²) in [6.07, 6.45) is -2.45. The van der Waals surface area contributed by atoms with E-state index in [0.717, 1.165) is 5.69 Å². The fourth-order valence-electron chi connectivity index (χ4n) is 2.73. The highest BCUT2D eigenvalue weighted by atomic mass is 32.2. The van der Waals surface area contributed by atoms with Gasteiger partial charge in [-0.2, -0.15) is 22.0 Å². The Hall–Kier alpha value is -2.09. The van der Waals surface area contributed by atoms with Crippen molar-refractivity contribution in [3.05, 3.63) is 30.3 Å². The smallest absolute Gasteiger partial charge is 0.370 e. The number of alkyl halides is 7. The van der Waals surface area contributed by atoms with Gasteiger partial charge in [-0.05, 0) is 26.0 Å². The van der Waals surface area contributed by atoms with E-state index < -0.39 is 46.2 Å². The molecule has 0 aliphatic rings. The molecule has 1 rings (SSSR count). The van der Waals surface area contributed by atoms with Gasteiger partial charge < -0.3 is 9.80 Å². The van der Waals surface area contributed by atoms with Gasteiger partial charge in [-0.25, -0.2) is 21.9 Å². The van der Waals surface area contributed by atoms with Crippen LogP contribution in [0.15, 0.2) is 30.3 Å². The number of benzene rings is 1. The van der Waals surface area contributed by atoms with Gasteiger partial charge in [-0.1, -0.05) is 18.2 Å².